The minimum absolute atomic E-state index is 0.934. The average Bonchev–Trinajstić information content (AvgIpc) is 1.94. The van der Waals surface area contributed by atoms with Gasteiger partial charge in [-0.1, -0.05) is 13.8 Å². The van der Waals surface area contributed by atoms with Gasteiger partial charge in [-0.25, -0.2) is 0 Å². The zero-order valence-corrected chi connectivity index (χ0v) is 9.09. The summed E-state index contributed by atoms with van der Waals surface area (Å²) in [5.74, 6) is -0.934. The van der Waals surface area contributed by atoms with E-state index in [0.29, 0.717) is 0 Å². The van der Waals surface area contributed by atoms with Crippen molar-refractivity contribution >= 4 is 0 Å². The molecule has 0 heterocycles. The van der Waals surface area contributed by atoms with E-state index in [4.69, 9.17) is 0 Å². The largest absolute Gasteiger partial charge is 0.435 e. The van der Waals surface area contributed by atoms with Gasteiger partial charge in [0.1, 0.15) is 0 Å². The van der Waals surface area contributed by atoms with E-state index in [1.807, 2.05) is 0 Å². The van der Waals surface area contributed by atoms with Crippen LogP contribution >= 0.6 is 0 Å². The third-order valence-electron chi connectivity index (χ3n) is 1.83. The predicted molar refractivity (Wildman–Crippen MR) is 41.7 cm³/mol. The lowest BCUT2D eigenvalue weighted by molar-refractivity contribution is -0.458. The Labute approximate surface area is 95.9 Å². The van der Waals surface area contributed by atoms with Crippen molar-refractivity contribution in [2.45, 2.75) is 38.0 Å². The molecule has 0 aromatic carbocycles. The highest BCUT2D eigenvalue weighted by Gasteiger charge is 2.85. The van der Waals surface area contributed by atoms with Crippen molar-refractivity contribution < 1.29 is 44.3 Å². The molecule has 0 aromatic rings. The summed E-state index contributed by atoms with van der Waals surface area (Å²) >= 11 is 0. The zero-order valence-electron chi connectivity index (χ0n) is 9.09. The fraction of sp³-hybridized carbons (Fsp3) is 1.00. The van der Waals surface area contributed by atoms with E-state index in [0.717, 1.165) is 13.8 Å². The van der Waals surface area contributed by atoms with Crippen LogP contribution in [0.2, 0.25) is 0 Å². The second kappa shape index (κ2) is 4.78. The highest BCUT2D eigenvalue weighted by atomic mass is 19.4. The fourth-order valence-corrected chi connectivity index (χ4v) is 1.02. The topological polar surface area (TPSA) is 9.23 Å². The van der Waals surface area contributed by atoms with Crippen molar-refractivity contribution in [2.24, 2.45) is 5.92 Å². The molecule has 0 atom stereocenters. The van der Waals surface area contributed by atoms with Crippen molar-refractivity contribution in [3.8, 4) is 0 Å². The number of rotatable bonds is 3. The quantitative estimate of drug-likeness (QED) is 0.712. The lowest BCUT2D eigenvalue weighted by Crippen LogP contribution is -2.68. The van der Waals surface area contributed by atoms with Crippen molar-refractivity contribution in [3.63, 3.8) is 0 Å². The van der Waals surface area contributed by atoms with Gasteiger partial charge in [-0.05, 0) is 5.92 Å². The Hall–Kier alpha value is -0.670. The molecule has 0 fully saturated rings. The van der Waals surface area contributed by atoms with Gasteiger partial charge in [0.2, 0.25) is 0 Å². The van der Waals surface area contributed by atoms with Gasteiger partial charge in [-0.3, -0.25) is 0 Å². The first kappa shape index (κ1) is 17.3. The van der Waals surface area contributed by atoms with Crippen LogP contribution in [0.15, 0.2) is 0 Å². The monoisotopic (exact) mass is 292 g/mol. The van der Waals surface area contributed by atoms with Gasteiger partial charge in [0, 0.05) is 0 Å². The summed E-state index contributed by atoms with van der Waals surface area (Å²) in [7, 11) is 0. The van der Waals surface area contributed by atoms with Crippen LogP contribution < -0.4 is 0 Å². The Morgan fingerprint density at radius 3 is 1.17 bits per heavy atom. The molecule has 0 bridgehead atoms. The van der Waals surface area contributed by atoms with Crippen LogP contribution in [-0.4, -0.2) is 30.7 Å². The van der Waals surface area contributed by atoms with Gasteiger partial charge in [0.15, 0.2) is 0 Å². The highest BCUT2D eigenvalue weighted by molar-refractivity contribution is 5.02. The van der Waals surface area contributed by atoms with E-state index in [2.05, 4.69) is 4.74 Å². The summed E-state index contributed by atoms with van der Waals surface area (Å²) in [6.07, 6.45) is -20.0. The minimum atomic E-state index is -6.65. The van der Waals surface area contributed by atoms with Gasteiger partial charge in [-0.2, -0.15) is 39.5 Å². The summed E-state index contributed by atoms with van der Waals surface area (Å²) < 4.78 is 113. The Morgan fingerprint density at radius 1 is 0.722 bits per heavy atom. The summed E-state index contributed by atoms with van der Waals surface area (Å²) in [4.78, 5) is 0. The zero-order chi connectivity index (χ0) is 15.0. The van der Waals surface area contributed by atoms with Gasteiger partial charge in [-0.15, -0.1) is 0 Å². The first-order valence-corrected chi connectivity index (χ1v) is 4.51. The smallest absolute Gasteiger partial charge is 0.351 e. The molecule has 0 saturated carbocycles. The van der Waals surface area contributed by atoms with E-state index in [1.165, 1.54) is 0 Å². The molecule has 0 amide bonds. The normalized spacial score (nSPS) is 15.3. The van der Waals surface area contributed by atoms with Gasteiger partial charge in [0.25, 0.3) is 0 Å². The molecular formula is C8H9F9O. The molecule has 0 aliphatic rings. The second-order valence-corrected chi connectivity index (χ2v) is 3.88. The van der Waals surface area contributed by atoms with Gasteiger partial charge >= 0.3 is 24.1 Å². The summed E-state index contributed by atoms with van der Waals surface area (Å²) in [5, 5.41) is 0. The molecule has 0 aromatic heterocycles. The molecule has 0 rings (SSSR count). The lowest BCUT2D eigenvalue weighted by Gasteiger charge is -2.38. The van der Waals surface area contributed by atoms with Crippen molar-refractivity contribution in [1.82, 2.24) is 0 Å². The molecule has 10 heteroatoms. The van der Waals surface area contributed by atoms with Crippen LogP contribution in [-0.2, 0) is 4.74 Å². The first-order valence-electron chi connectivity index (χ1n) is 4.51. The third-order valence-corrected chi connectivity index (χ3v) is 1.83. The molecule has 1 nitrogen and oxygen atoms in total. The number of ether oxygens (including phenoxy) is 1. The molecular weight excluding hydrogens is 283 g/mol. The maximum Gasteiger partial charge on any atom is 0.435 e. The maximum atomic E-state index is 12.3. The molecule has 0 saturated heterocycles. The van der Waals surface area contributed by atoms with Crippen LogP contribution in [0.3, 0.4) is 0 Å². The first-order chi connectivity index (χ1) is 7.67. The lowest BCUT2D eigenvalue weighted by atomic mass is 10.0. The van der Waals surface area contributed by atoms with Crippen LogP contribution in [0.5, 0.6) is 0 Å². The molecule has 0 aliphatic heterocycles. The number of alkyl halides is 9. The number of hydrogen-bond acceptors (Lipinski definition) is 1. The van der Waals surface area contributed by atoms with Crippen LogP contribution in [0.25, 0.3) is 0 Å². The van der Waals surface area contributed by atoms with E-state index < -0.39 is 36.7 Å². The minimum Gasteiger partial charge on any atom is -0.351 e. The van der Waals surface area contributed by atoms with Crippen molar-refractivity contribution in [3.05, 3.63) is 0 Å². The van der Waals surface area contributed by atoms with E-state index in [9.17, 15) is 39.5 Å². The summed E-state index contributed by atoms with van der Waals surface area (Å²) in [6, 6.07) is 0. The van der Waals surface area contributed by atoms with Crippen molar-refractivity contribution in [1.29, 1.82) is 0 Å². The fourth-order valence-electron chi connectivity index (χ4n) is 1.02. The van der Waals surface area contributed by atoms with Gasteiger partial charge < -0.3 is 4.74 Å². The van der Waals surface area contributed by atoms with Crippen LogP contribution in [0, 0.1) is 5.92 Å². The predicted octanol–water partition coefficient (Wildman–Crippen LogP) is 4.08. The summed E-state index contributed by atoms with van der Waals surface area (Å²) in [6.45, 7) is 0.903. The molecule has 110 valence electrons. The molecule has 0 spiro atoms. The van der Waals surface area contributed by atoms with Crippen LogP contribution in [0.4, 0.5) is 39.5 Å². The molecule has 0 N–H and O–H groups in total. The maximum absolute atomic E-state index is 12.3. The Morgan fingerprint density at radius 2 is 1.00 bits per heavy atom. The Balaban J connectivity index is 5.76. The van der Waals surface area contributed by atoms with E-state index >= 15 is 0 Å². The van der Waals surface area contributed by atoms with E-state index in [-0.39, 0.29) is 0 Å². The molecule has 0 aliphatic carbocycles. The average molecular weight is 292 g/mol. The Kier molecular flexibility index (Phi) is 4.60. The van der Waals surface area contributed by atoms with Crippen LogP contribution in [0.1, 0.15) is 13.8 Å². The summed E-state index contributed by atoms with van der Waals surface area (Å²) in [5.41, 5.74) is -6.16. The highest BCUT2D eigenvalue weighted by Crippen LogP contribution is 2.54. The Bertz CT molecular complexity index is 236. The third kappa shape index (κ3) is 3.01. The van der Waals surface area contributed by atoms with Crippen molar-refractivity contribution in [2.75, 3.05) is 6.61 Å². The molecule has 18 heavy (non-hydrogen) atoms. The molecule has 0 radical (unpaired) electrons. The SMILES string of the molecule is CC(C)COC(C(F)(F)F)(C(F)(F)F)C(F)(F)F. The number of hydrogen-bond donors (Lipinski definition) is 0. The molecule has 0 unspecified atom stereocenters. The second-order valence-electron chi connectivity index (χ2n) is 3.88. The van der Waals surface area contributed by atoms with Gasteiger partial charge in [0.05, 0.1) is 6.61 Å². The standard InChI is InChI=1S/C8H9F9O/c1-4(2)3-18-5(6(9,10)11,7(12,13)14)8(15,16)17/h4H,3H2,1-2H3. The van der Waals surface area contributed by atoms with E-state index in [1.54, 1.807) is 0 Å². The number of halogens is 9.